The molecule has 0 bridgehead atoms. The number of nitrogens with zero attached hydrogens (tertiary/aromatic N) is 4. The Labute approximate surface area is 105 Å². The fraction of sp³-hybridized carbons (Fsp3) is 0.273. The number of rotatable bonds is 2. The predicted molar refractivity (Wildman–Crippen MR) is 69.3 cm³/mol. The van der Waals surface area contributed by atoms with Gasteiger partial charge in [0.15, 0.2) is 5.82 Å². The molecule has 0 aliphatic carbocycles. The van der Waals surface area contributed by atoms with E-state index in [0.717, 1.165) is 17.0 Å². The van der Waals surface area contributed by atoms with E-state index in [2.05, 4.69) is 15.3 Å². The van der Waals surface area contributed by atoms with E-state index in [0.29, 0.717) is 16.4 Å². The van der Waals surface area contributed by atoms with Gasteiger partial charge in [-0.3, -0.25) is 0 Å². The van der Waals surface area contributed by atoms with Crippen LogP contribution in [0.2, 0.25) is 0 Å². The van der Waals surface area contributed by atoms with Gasteiger partial charge in [0.1, 0.15) is 4.99 Å². The minimum Gasteiger partial charge on any atom is -0.389 e. The highest BCUT2D eigenvalue weighted by molar-refractivity contribution is 7.80. The molecule has 0 saturated carbocycles. The van der Waals surface area contributed by atoms with Gasteiger partial charge in [0, 0.05) is 5.69 Å². The molecule has 0 radical (unpaired) electrons. The van der Waals surface area contributed by atoms with Crippen LogP contribution < -0.4 is 5.73 Å². The maximum Gasteiger partial charge on any atom is 0.186 e. The maximum atomic E-state index is 5.67. The van der Waals surface area contributed by atoms with Crippen molar-refractivity contribution in [3.05, 3.63) is 34.8 Å². The van der Waals surface area contributed by atoms with E-state index < -0.39 is 0 Å². The summed E-state index contributed by atoms with van der Waals surface area (Å²) in [5.74, 6) is 0.578. The van der Waals surface area contributed by atoms with Crippen molar-refractivity contribution >= 4 is 17.2 Å². The van der Waals surface area contributed by atoms with E-state index in [1.807, 2.05) is 20.8 Å². The molecule has 88 valence electrons. The molecule has 17 heavy (non-hydrogen) atoms. The monoisotopic (exact) mass is 247 g/mol. The highest BCUT2D eigenvalue weighted by Crippen LogP contribution is 2.17. The third kappa shape index (κ3) is 1.91. The lowest BCUT2D eigenvalue weighted by Gasteiger charge is -2.07. The lowest BCUT2D eigenvalue weighted by atomic mass is 10.2. The molecular weight excluding hydrogens is 234 g/mol. The van der Waals surface area contributed by atoms with E-state index in [-0.39, 0.29) is 0 Å². The molecule has 0 atom stereocenters. The normalized spacial score (nSPS) is 10.5. The Morgan fingerprint density at radius 2 is 2.06 bits per heavy atom. The molecule has 0 unspecified atom stereocenters. The van der Waals surface area contributed by atoms with Crippen molar-refractivity contribution in [3.63, 3.8) is 0 Å². The minimum atomic E-state index is 0.292. The quantitative estimate of drug-likeness (QED) is 0.808. The summed E-state index contributed by atoms with van der Waals surface area (Å²) in [6, 6.07) is 1.75. The fourth-order valence-corrected chi connectivity index (χ4v) is 1.76. The van der Waals surface area contributed by atoms with Crippen LogP contribution in [0.4, 0.5) is 0 Å². The van der Waals surface area contributed by atoms with Gasteiger partial charge >= 0.3 is 0 Å². The Kier molecular flexibility index (Phi) is 2.89. The lowest BCUT2D eigenvalue weighted by Crippen LogP contribution is -2.16. The largest absolute Gasteiger partial charge is 0.389 e. The average molecular weight is 247 g/mol. The van der Waals surface area contributed by atoms with Gasteiger partial charge in [-0.1, -0.05) is 12.2 Å². The molecule has 2 N–H and O–H groups in total. The molecule has 0 spiro atoms. The summed E-state index contributed by atoms with van der Waals surface area (Å²) < 4.78 is 1.73. The van der Waals surface area contributed by atoms with Crippen molar-refractivity contribution in [2.45, 2.75) is 20.8 Å². The van der Waals surface area contributed by atoms with Gasteiger partial charge in [-0.25, -0.2) is 4.68 Å². The number of hydrogen-bond acceptors (Lipinski definition) is 4. The zero-order chi connectivity index (χ0) is 12.6. The highest BCUT2D eigenvalue weighted by Gasteiger charge is 2.14. The first-order valence-corrected chi connectivity index (χ1v) is 5.58. The predicted octanol–water partition coefficient (Wildman–Crippen LogP) is 1.22. The van der Waals surface area contributed by atoms with Crippen molar-refractivity contribution in [2.24, 2.45) is 5.73 Å². The molecule has 2 heterocycles. The standard InChI is InChI=1S/C11H13N5S/c1-6-7(2)15-16(8(6)3)11-9(10(12)17)4-5-13-14-11/h4-5H,1-3H3,(H2,12,17). The smallest absolute Gasteiger partial charge is 0.186 e. The van der Waals surface area contributed by atoms with Crippen LogP contribution in [0.1, 0.15) is 22.5 Å². The minimum absolute atomic E-state index is 0.292. The van der Waals surface area contributed by atoms with E-state index in [1.165, 1.54) is 0 Å². The number of aryl methyl sites for hydroxylation is 1. The molecule has 0 saturated heterocycles. The Balaban J connectivity index is 2.68. The van der Waals surface area contributed by atoms with Crippen LogP contribution in [0.5, 0.6) is 0 Å². The van der Waals surface area contributed by atoms with Crippen molar-refractivity contribution in [1.82, 2.24) is 20.0 Å². The third-order valence-electron chi connectivity index (χ3n) is 2.82. The molecule has 0 aliphatic heterocycles. The Morgan fingerprint density at radius 3 is 2.59 bits per heavy atom. The number of nitrogens with two attached hydrogens (primary N) is 1. The number of hydrogen-bond donors (Lipinski definition) is 1. The molecule has 5 nitrogen and oxygen atoms in total. The lowest BCUT2D eigenvalue weighted by molar-refractivity contribution is 0.779. The first-order chi connectivity index (χ1) is 8.02. The molecular formula is C11H13N5S. The molecule has 0 fully saturated rings. The third-order valence-corrected chi connectivity index (χ3v) is 3.04. The summed E-state index contributed by atoms with van der Waals surface area (Å²) in [4.78, 5) is 0.292. The first-order valence-electron chi connectivity index (χ1n) is 5.17. The highest BCUT2D eigenvalue weighted by atomic mass is 32.1. The van der Waals surface area contributed by atoms with Gasteiger partial charge in [-0.15, -0.1) is 5.10 Å². The zero-order valence-corrected chi connectivity index (χ0v) is 10.7. The summed E-state index contributed by atoms with van der Waals surface area (Å²) in [5, 5.41) is 12.3. The summed E-state index contributed by atoms with van der Waals surface area (Å²) in [7, 11) is 0. The van der Waals surface area contributed by atoms with Crippen LogP contribution in [-0.2, 0) is 0 Å². The number of aromatic nitrogens is 4. The molecule has 0 aromatic carbocycles. The average Bonchev–Trinajstić information content (AvgIpc) is 2.57. The Morgan fingerprint density at radius 1 is 1.35 bits per heavy atom. The summed E-state index contributed by atoms with van der Waals surface area (Å²) >= 11 is 5.00. The first kappa shape index (κ1) is 11.7. The van der Waals surface area contributed by atoms with Crippen molar-refractivity contribution in [1.29, 1.82) is 0 Å². The molecule has 0 amide bonds. The number of thiocarbonyl (C=S) groups is 1. The van der Waals surface area contributed by atoms with Crippen LogP contribution in [-0.4, -0.2) is 25.0 Å². The second-order valence-corrected chi connectivity index (χ2v) is 4.28. The Bertz CT molecular complexity index is 588. The SMILES string of the molecule is Cc1nn(-c2nnccc2C(N)=S)c(C)c1C. The van der Waals surface area contributed by atoms with Crippen LogP contribution in [0.25, 0.3) is 5.82 Å². The van der Waals surface area contributed by atoms with Gasteiger partial charge in [-0.2, -0.15) is 10.2 Å². The fourth-order valence-electron chi connectivity index (χ4n) is 1.60. The van der Waals surface area contributed by atoms with Crippen LogP contribution in [0.15, 0.2) is 12.3 Å². The summed E-state index contributed by atoms with van der Waals surface area (Å²) in [6.45, 7) is 5.95. The summed E-state index contributed by atoms with van der Waals surface area (Å²) in [5.41, 5.74) is 9.45. The van der Waals surface area contributed by atoms with Crippen LogP contribution >= 0.6 is 12.2 Å². The van der Waals surface area contributed by atoms with Crippen molar-refractivity contribution in [3.8, 4) is 5.82 Å². The van der Waals surface area contributed by atoms with E-state index in [1.54, 1.807) is 16.9 Å². The van der Waals surface area contributed by atoms with Gasteiger partial charge in [0.25, 0.3) is 0 Å². The Hall–Kier alpha value is -1.82. The zero-order valence-electron chi connectivity index (χ0n) is 9.93. The van der Waals surface area contributed by atoms with Crippen molar-refractivity contribution in [2.75, 3.05) is 0 Å². The molecule has 2 rings (SSSR count). The summed E-state index contributed by atoms with van der Waals surface area (Å²) in [6.07, 6.45) is 1.57. The van der Waals surface area contributed by atoms with Crippen LogP contribution in [0, 0.1) is 20.8 Å². The van der Waals surface area contributed by atoms with Gasteiger partial charge in [0.05, 0.1) is 17.5 Å². The van der Waals surface area contributed by atoms with Crippen LogP contribution in [0.3, 0.4) is 0 Å². The van der Waals surface area contributed by atoms with E-state index in [4.69, 9.17) is 18.0 Å². The van der Waals surface area contributed by atoms with E-state index in [9.17, 15) is 0 Å². The van der Waals surface area contributed by atoms with Crippen molar-refractivity contribution < 1.29 is 0 Å². The van der Waals surface area contributed by atoms with Gasteiger partial charge in [0.2, 0.25) is 0 Å². The van der Waals surface area contributed by atoms with Gasteiger partial charge in [-0.05, 0) is 32.4 Å². The molecule has 2 aromatic heterocycles. The maximum absolute atomic E-state index is 5.67. The molecule has 6 heteroatoms. The van der Waals surface area contributed by atoms with Gasteiger partial charge < -0.3 is 5.73 Å². The second kappa shape index (κ2) is 4.21. The van der Waals surface area contributed by atoms with E-state index >= 15 is 0 Å². The molecule has 0 aliphatic rings. The topological polar surface area (TPSA) is 69.6 Å². The molecule has 2 aromatic rings. The second-order valence-electron chi connectivity index (χ2n) is 3.84.